The van der Waals surface area contributed by atoms with Gasteiger partial charge in [0.05, 0.1) is 5.69 Å². The molecule has 92 valence electrons. The number of hydrogen-bond donors (Lipinski definition) is 0. The zero-order chi connectivity index (χ0) is 12.7. The van der Waals surface area contributed by atoms with E-state index < -0.39 is 0 Å². The maximum atomic E-state index is 6.58. The summed E-state index contributed by atoms with van der Waals surface area (Å²) >= 11 is 12.6. The SMILES string of the molecule is Cc1cnc2c(c1)CCc1cc(Cl)ccc1C2Cl. The predicted molar refractivity (Wildman–Crippen MR) is 75.5 cm³/mol. The van der Waals surface area contributed by atoms with Crippen LogP contribution >= 0.6 is 23.2 Å². The lowest BCUT2D eigenvalue weighted by atomic mass is 10.0. The molecule has 2 aromatic rings. The molecule has 3 heteroatoms. The van der Waals surface area contributed by atoms with Gasteiger partial charge in [-0.1, -0.05) is 23.7 Å². The van der Waals surface area contributed by atoms with Crippen molar-refractivity contribution in [3.63, 3.8) is 0 Å². The maximum absolute atomic E-state index is 6.58. The highest BCUT2D eigenvalue weighted by atomic mass is 35.5. The fourth-order valence-corrected chi connectivity index (χ4v) is 3.13. The standard InChI is InChI=1S/C15H13Cl2N/c1-9-6-11-3-2-10-7-12(16)4-5-13(10)14(17)15(11)18-8-9/h4-8,14H,2-3H2,1H3. The lowest BCUT2D eigenvalue weighted by Crippen LogP contribution is -2.00. The van der Waals surface area contributed by atoms with Crippen molar-refractivity contribution < 1.29 is 0 Å². The number of alkyl halides is 1. The molecule has 1 aliphatic rings. The van der Waals surface area contributed by atoms with Crippen LogP contribution in [0.25, 0.3) is 0 Å². The van der Waals surface area contributed by atoms with Gasteiger partial charge in [-0.25, -0.2) is 0 Å². The van der Waals surface area contributed by atoms with E-state index in [1.165, 1.54) is 16.7 Å². The number of rotatable bonds is 0. The third kappa shape index (κ3) is 2.02. The van der Waals surface area contributed by atoms with Gasteiger partial charge in [-0.2, -0.15) is 0 Å². The Morgan fingerprint density at radius 1 is 1.17 bits per heavy atom. The average molecular weight is 278 g/mol. The number of nitrogens with zero attached hydrogens (tertiary/aromatic N) is 1. The monoisotopic (exact) mass is 277 g/mol. The molecule has 0 radical (unpaired) electrons. The third-order valence-electron chi connectivity index (χ3n) is 3.42. The largest absolute Gasteiger partial charge is 0.259 e. The Balaban J connectivity index is 2.15. The molecular weight excluding hydrogens is 265 g/mol. The van der Waals surface area contributed by atoms with E-state index in [0.717, 1.165) is 29.1 Å². The minimum Gasteiger partial charge on any atom is -0.259 e. The van der Waals surface area contributed by atoms with Crippen molar-refractivity contribution in [3.05, 3.63) is 63.4 Å². The quantitative estimate of drug-likeness (QED) is 0.648. The van der Waals surface area contributed by atoms with E-state index in [-0.39, 0.29) is 5.38 Å². The fourth-order valence-electron chi connectivity index (χ4n) is 2.52. The molecule has 1 nitrogen and oxygen atoms in total. The topological polar surface area (TPSA) is 12.9 Å². The molecule has 0 amide bonds. The minimum atomic E-state index is -0.171. The van der Waals surface area contributed by atoms with Gasteiger partial charge < -0.3 is 0 Å². The molecule has 3 rings (SSSR count). The third-order valence-corrected chi connectivity index (χ3v) is 4.10. The van der Waals surface area contributed by atoms with Crippen LogP contribution in [0, 0.1) is 6.92 Å². The van der Waals surface area contributed by atoms with Crippen LogP contribution in [0.4, 0.5) is 0 Å². The van der Waals surface area contributed by atoms with Crippen LogP contribution in [-0.2, 0) is 12.8 Å². The second kappa shape index (κ2) is 4.56. The molecule has 0 N–H and O–H groups in total. The van der Waals surface area contributed by atoms with Crippen LogP contribution in [-0.4, -0.2) is 4.98 Å². The van der Waals surface area contributed by atoms with Crippen molar-refractivity contribution in [1.82, 2.24) is 4.98 Å². The lowest BCUT2D eigenvalue weighted by Gasteiger charge is -2.12. The molecule has 1 aliphatic carbocycles. The first-order chi connectivity index (χ1) is 8.65. The molecule has 1 aromatic carbocycles. The lowest BCUT2D eigenvalue weighted by molar-refractivity contribution is 0.944. The zero-order valence-corrected chi connectivity index (χ0v) is 11.6. The van der Waals surface area contributed by atoms with Crippen molar-refractivity contribution in [2.75, 3.05) is 0 Å². The highest BCUT2D eigenvalue weighted by molar-refractivity contribution is 6.30. The van der Waals surface area contributed by atoms with E-state index in [4.69, 9.17) is 23.2 Å². The summed E-state index contributed by atoms with van der Waals surface area (Å²) in [4.78, 5) is 4.52. The van der Waals surface area contributed by atoms with Crippen molar-refractivity contribution in [3.8, 4) is 0 Å². The summed E-state index contributed by atoms with van der Waals surface area (Å²) in [6.07, 6.45) is 3.83. The van der Waals surface area contributed by atoms with Crippen molar-refractivity contribution in [2.45, 2.75) is 25.1 Å². The van der Waals surface area contributed by atoms with Crippen molar-refractivity contribution in [1.29, 1.82) is 0 Å². The summed E-state index contributed by atoms with van der Waals surface area (Å²) in [5, 5.41) is 0.600. The Kier molecular flexibility index (Phi) is 3.04. The Bertz CT molecular complexity index is 554. The second-order valence-electron chi connectivity index (χ2n) is 4.76. The van der Waals surface area contributed by atoms with Gasteiger partial charge in [-0.3, -0.25) is 4.98 Å². The Hall–Kier alpha value is -1.05. The smallest absolute Gasteiger partial charge is 0.101 e. The minimum absolute atomic E-state index is 0.171. The molecular formula is C15H13Cl2N. The average Bonchev–Trinajstić information content (AvgIpc) is 2.47. The molecule has 1 unspecified atom stereocenters. The maximum Gasteiger partial charge on any atom is 0.101 e. The van der Waals surface area contributed by atoms with Crippen molar-refractivity contribution in [2.24, 2.45) is 0 Å². The summed E-state index contributed by atoms with van der Waals surface area (Å²) in [6.45, 7) is 2.06. The molecule has 0 saturated heterocycles. The molecule has 1 aromatic heterocycles. The predicted octanol–water partition coefficient (Wildman–Crippen LogP) is 4.47. The van der Waals surface area contributed by atoms with Crippen LogP contribution in [0.2, 0.25) is 5.02 Å². The highest BCUT2D eigenvalue weighted by Gasteiger charge is 2.23. The van der Waals surface area contributed by atoms with Gasteiger partial charge in [0, 0.05) is 11.2 Å². The van der Waals surface area contributed by atoms with Crippen LogP contribution in [0.1, 0.15) is 33.3 Å². The summed E-state index contributed by atoms with van der Waals surface area (Å²) in [5.74, 6) is 0. The van der Waals surface area contributed by atoms with E-state index in [2.05, 4.69) is 18.0 Å². The molecule has 0 fully saturated rings. The number of benzene rings is 1. The van der Waals surface area contributed by atoms with Gasteiger partial charge in [0.15, 0.2) is 0 Å². The fraction of sp³-hybridized carbons (Fsp3) is 0.267. The Morgan fingerprint density at radius 2 is 1.94 bits per heavy atom. The first-order valence-corrected chi connectivity index (χ1v) is 6.84. The van der Waals surface area contributed by atoms with Gasteiger partial charge in [0.2, 0.25) is 0 Å². The summed E-state index contributed by atoms with van der Waals surface area (Å²) < 4.78 is 0. The van der Waals surface area contributed by atoms with E-state index in [0.29, 0.717) is 0 Å². The molecule has 18 heavy (non-hydrogen) atoms. The zero-order valence-electron chi connectivity index (χ0n) is 10.1. The molecule has 0 saturated carbocycles. The molecule has 0 aliphatic heterocycles. The number of halogens is 2. The molecule has 0 spiro atoms. The Morgan fingerprint density at radius 3 is 2.78 bits per heavy atom. The Labute approximate surface area is 117 Å². The molecule has 1 heterocycles. The summed E-state index contributed by atoms with van der Waals surface area (Å²) in [7, 11) is 0. The molecule has 1 atom stereocenters. The van der Waals surface area contributed by atoms with Gasteiger partial charge in [-0.15, -0.1) is 11.6 Å². The second-order valence-corrected chi connectivity index (χ2v) is 5.64. The highest BCUT2D eigenvalue weighted by Crippen LogP contribution is 2.36. The van der Waals surface area contributed by atoms with Gasteiger partial charge >= 0.3 is 0 Å². The van der Waals surface area contributed by atoms with Gasteiger partial charge in [0.1, 0.15) is 5.38 Å². The summed E-state index contributed by atoms with van der Waals surface area (Å²) in [5.41, 5.74) is 5.79. The first kappa shape index (κ1) is 12.0. The summed E-state index contributed by atoms with van der Waals surface area (Å²) in [6, 6.07) is 8.12. The van der Waals surface area contributed by atoms with Crippen molar-refractivity contribution >= 4 is 23.2 Å². The number of fused-ring (bicyclic) bond motifs is 2. The van der Waals surface area contributed by atoms with Gasteiger partial charge in [-0.05, 0) is 54.2 Å². The number of aryl methyl sites for hydroxylation is 3. The van der Waals surface area contributed by atoms with Crippen LogP contribution in [0.5, 0.6) is 0 Å². The number of pyridine rings is 1. The van der Waals surface area contributed by atoms with Crippen LogP contribution < -0.4 is 0 Å². The van der Waals surface area contributed by atoms with E-state index >= 15 is 0 Å². The van der Waals surface area contributed by atoms with Crippen LogP contribution in [0.3, 0.4) is 0 Å². The first-order valence-electron chi connectivity index (χ1n) is 6.03. The van der Waals surface area contributed by atoms with E-state index in [1.807, 2.05) is 24.4 Å². The molecule has 0 bridgehead atoms. The van der Waals surface area contributed by atoms with Gasteiger partial charge in [0.25, 0.3) is 0 Å². The number of hydrogen-bond acceptors (Lipinski definition) is 1. The number of aromatic nitrogens is 1. The van der Waals surface area contributed by atoms with E-state index in [9.17, 15) is 0 Å². The van der Waals surface area contributed by atoms with E-state index in [1.54, 1.807) is 0 Å². The normalized spacial score (nSPS) is 17.8. The van der Waals surface area contributed by atoms with Crippen LogP contribution in [0.15, 0.2) is 30.5 Å².